The number of halogens is 2. The van der Waals surface area contributed by atoms with Crippen LogP contribution >= 0.6 is 11.8 Å². The van der Waals surface area contributed by atoms with Crippen molar-refractivity contribution < 1.29 is 18.3 Å². The number of aromatic nitrogens is 1. The Hall–Kier alpha value is -3.74. The smallest absolute Gasteiger partial charge is 0.258 e. The molecule has 5 rings (SSSR count). The monoisotopic (exact) mass is 595 g/mol. The molecule has 12 heteroatoms. The van der Waals surface area contributed by atoms with Crippen LogP contribution in [0.5, 0.6) is 0 Å². The minimum absolute atomic E-state index is 0.0982. The molecule has 1 aromatic heterocycles. The molecule has 3 aromatic rings. The number of amides is 1. The molecule has 2 aromatic carbocycles. The third-order valence-corrected chi connectivity index (χ3v) is 8.44. The van der Waals surface area contributed by atoms with Gasteiger partial charge in [-0.2, -0.15) is 0 Å². The lowest BCUT2D eigenvalue weighted by molar-refractivity contribution is 0.0904. The van der Waals surface area contributed by atoms with E-state index in [1.165, 1.54) is 11.8 Å². The van der Waals surface area contributed by atoms with E-state index >= 15 is 0 Å². The van der Waals surface area contributed by atoms with Crippen molar-refractivity contribution >= 4 is 40.6 Å². The zero-order chi connectivity index (χ0) is 29.6. The quantitative estimate of drug-likeness (QED) is 0.173. The van der Waals surface area contributed by atoms with E-state index in [9.17, 15) is 13.6 Å². The fourth-order valence-electron chi connectivity index (χ4n) is 4.95. The molecule has 0 aliphatic carbocycles. The van der Waals surface area contributed by atoms with Crippen LogP contribution in [0.15, 0.2) is 53.6 Å². The van der Waals surface area contributed by atoms with Crippen LogP contribution in [0.2, 0.25) is 0 Å². The number of rotatable bonds is 8. The van der Waals surface area contributed by atoms with Gasteiger partial charge in [0.05, 0.1) is 16.3 Å². The number of ether oxygens (including phenoxy) is 1. The fourth-order valence-corrected chi connectivity index (χ4v) is 5.80. The van der Waals surface area contributed by atoms with Crippen molar-refractivity contribution in [1.29, 1.82) is 5.41 Å². The molecular weight excluding hydrogens is 560 g/mol. The number of nitrogens with zero attached hydrogens (tertiary/aromatic N) is 3. The average molecular weight is 596 g/mol. The summed E-state index contributed by atoms with van der Waals surface area (Å²) in [6.45, 7) is 5.04. The number of hydrogen-bond acceptors (Lipinski definition) is 9. The second kappa shape index (κ2) is 13.5. The van der Waals surface area contributed by atoms with Gasteiger partial charge in [-0.3, -0.25) is 10.2 Å². The number of amidine groups is 1. The van der Waals surface area contributed by atoms with Gasteiger partial charge in [0, 0.05) is 68.1 Å². The van der Waals surface area contributed by atoms with Crippen molar-refractivity contribution in [3.63, 3.8) is 0 Å². The highest BCUT2D eigenvalue weighted by atomic mass is 32.2. The van der Waals surface area contributed by atoms with E-state index < -0.39 is 17.5 Å². The van der Waals surface area contributed by atoms with E-state index in [-0.39, 0.29) is 34.6 Å². The first-order valence-corrected chi connectivity index (χ1v) is 14.9. The predicted molar refractivity (Wildman–Crippen MR) is 162 cm³/mol. The Morgan fingerprint density at radius 3 is 2.62 bits per heavy atom. The van der Waals surface area contributed by atoms with Gasteiger partial charge in [0.25, 0.3) is 5.91 Å². The largest absolute Gasteiger partial charge is 0.397 e. The summed E-state index contributed by atoms with van der Waals surface area (Å²) in [5.41, 5.74) is 8.78. The van der Waals surface area contributed by atoms with Gasteiger partial charge in [0.15, 0.2) is 5.84 Å². The number of likely N-dealkylation sites (N-methyl/N-ethyl adjacent to an activating group) is 1. The van der Waals surface area contributed by atoms with Crippen molar-refractivity contribution in [3.8, 4) is 0 Å². The molecule has 9 nitrogen and oxygen atoms in total. The van der Waals surface area contributed by atoms with Gasteiger partial charge in [0.2, 0.25) is 0 Å². The highest BCUT2D eigenvalue weighted by Crippen LogP contribution is 2.28. The number of anilines is 3. The first-order valence-electron chi connectivity index (χ1n) is 13.9. The summed E-state index contributed by atoms with van der Waals surface area (Å²) >= 11 is 1.18. The van der Waals surface area contributed by atoms with Crippen molar-refractivity contribution in [3.05, 3.63) is 77.0 Å². The summed E-state index contributed by atoms with van der Waals surface area (Å²) in [5.74, 6) is -1.61. The molecule has 0 atom stereocenters. The van der Waals surface area contributed by atoms with Crippen molar-refractivity contribution in [2.45, 2.75) is 29.7 Å². The lowest BCUT2D eigenvalue weighted by Gasteiger charge is -2.34. The lowest BCUT2D eigenvalue weighted by atomic mass is 10.1. The third kappa shape index (κ3) is 7.36. The number of piperazine rings is 1. The van der Waals surface area contributed by atoms with E-state index in [0.717, 1.165) is 62.9 Å². The van der Waals surface area contributed by atoms with Gasteiger partial charge < -0.3 is 30.9 Å². The molecule has 0 spiro atoms. The van der Waals surface area contributed by atoms with Gasteiger partial charge in [-0.1, -0.05) is 0 Å². The summed E-state index contributed by atoms with van der Waals surface area (Å²) in [7, 11) is 2.11. The van der Waals surface area contributed by atoms with E-state index in [4.69, 9.17) is 15.9 Å². The van der Waals surface area contributed by atoms with Gasteiger partial charge >= 0.3 is 0 Å². The Morgan fingerprint density at radius 1 is 1.10 bits per heavy atom. The zero-order valence-electron chi connectivity index (χ0n) is 23.5. The Labute approximate surface area is 248 Å². The number of nitrogens with one attached hydrogen (secondary N) is 3. The summed E-state index contributed by atoms with van der Waals surface area (Å²) in [4.78, 5) is 22.5. The van der Waals surface area contributed by atoms with Crippen LogP contribution in [0.3, 0.4) is 0 Å². The van der Waals surface area contributed by atoms with E-state index in [1.54, 1.807) is 18.2 Å². The van der Waals surface area contributed by atoms with Crippen LogP contribution in [0.25, 0.3) is 0 Å². The number of nitrogen functional groups attached to an aromatic ring is 1. The molecule has 5 N–H and O–H groups in total. The molecule has 1 amide bonds. The highest BCUT2D eigenvalue weighted by molar-refractivity contribution is 7.98. The maximum atomic E-state index is 14.1. The maximum absolute atomic E-state index is 14.1. The molecule has 0 saturated carbocycles. The number of thioether (sulfide) groups is 1. The molecule has 0 radical (unpaired) electrons. The first kappa shape index (κ1) is 29.7. The van der Waals surface area contributed by atoms with Crippen LogP contribution in [0.1, 0.15) is 34.5 Å². The molecule has 2 aliphatic heterocycles. The maximum Gasteiger partial charge on any atom is 0.258 e. The Balaban J connectivity index is 1.32. The minimum atomic E-state index is -0.523. The van der Waals surface area contributed by atoms with Crippen LogP contribution < -0.4 is 21.3 Å². The first-order chi connectivity index (χ1) is 20.3. The number of benzene rings is 2. The Morgan fingerprint density at radius 2 is 1.86 bits per heavy atom. The summed E-state index contributed by atoms with van der Waals surface area (Å²) in [5, 5.41) is 15.3. The second-order valence-electron chi connectivity index (χ2n) is 10.5. The van der Waals surface area contributed by atoms with Crippen molar-refractivity contribution in [1.82, 2.24) is 15.2 Å². The molecular formula is C30H35F2N7O2S. The van der Waals surface area contributed by atoms with Gasteiger partial charge in [0.1, 0.15) is 17.3 Å². The fraction of sp³-hybridized carbons (Fsp3) is 0.367. The van der Waals surface area contributed by atoms with E-state index in [0.29, 0.717) is 29.5 Å². The van der Waals surface area contributed by atoms with Gasteiger partial charge in [-0.25, -0.2) is 13.8 Å². The summed E-state index contributed by atoms with van der Waals surface area (Å²) < 4.78 is 33.1. The Kier molecular flexibility index (Phi) is 9.55. The van der Waals surface area contributed by atoms with Crippen molar-refractivity contribution in [2.24, 2.45) is 0 Å². The number of nitrogens with two attached hydrogens (primary N) is 1. The third-order valence-electron chi connectivity index (χ3n) is 7.46. The lowest BCUT2D eigenvalue weighted by Crippen LogP contribution is -2.44. The van der Waals surface area contributed by atoms with Crippen LogP contribution in [-0.4, -0.2) is 74.1 Å². The summed E-state index contributed by atoms with van der Waals surface area (Å²) in [6, 6.07) is 12.4. The minimum Gasteiger partial charge on any atom is -0.397 e. The second-order valence-corrected chi connectivity index (χ2v) is 11.5. The molecule has 222 valence electrons. The van der Waals surface area contributed by atoms with Gasteiger partial charge in [-0.15, -0.1) is 11.8 Å². The highest BCUT2D eigenvalue weighted by Gasteiger charge is 2.22. The molecule has 0 unspecified atom stereocenters. The predicted octanol–water partition coefficient (Wildman–Crippen LogP) is 4.33. The van der Waals surface area contributed by atoms with Crippen LogP contribution in [0.4, 0.5) is 25.8 Å². The number of carbonyl (C=O) groups is 1. The summed E-state index contributed by atoms with van der Waals surface area (Å²) in [6.07, 6.45) is 1.67. The topological polar surface area (TPSA) is 120 Å². The molecule has 2 saturated heterocycles. The SMILES string of the molecule is CN1CCN(c2ccc(C(=O)NC(=N)c3nc(SCc4cc(F)ccc4F)ccc3N)c(NC3CCOCC3)c2)CC1. The zero-order valence-corrected chi connectivity index (χ0v) is 24.3. The van der Waals surface area contributed by atoms with Gasteiger partial charge in [-0.05, 0) is 68.4 Å². The number of pyridine rings is 1. The molecule has 2 aliphatic rings. The van der Waals surface area contributed by atoms with E-state index in [1.807, 2.05) is 12.1 Å². The number of carbonyl (C=O) groups excluding carboxylic acids is 1. The van der Waals surface area contributed by atoms with E-state index in [2.05, 4.69) is 32.5 Å². The van der Waals surface area contributed by atoms with Crippen LogP contribution in [-0.2, 0) is 10.5 Å². The molecule has 42 heavy (non-hydrogen) atoms. The molecule has 2 fully saturated rings. The average Bonchev–Trinajstić information content (AvgIpc) is 2.99. The van der Waals surface area contributed by atoms with Crippen LogP contribution in [0, 0.1) is 17.0 Å². The normalized spacial score (nSPS) is 16.3. The molecule has 3 heterocycles. The van der Waals surface area contributed by atoms with Crippen molar-refractivity contribution in [2.75, 3.05) is 62.4 Å². The Bertz CT molecular complexity index is 1440. The number of hydrogen-bond donors (Lipinski definition) is 4. The molecule has 0 bridgehead atoms. The standard InChI is InChI=1S/C30H35F2N7O2S/c1-38-10-12-39(13-11-38)22-3-4-23(26(17-22)35-21-8-14-41-15-9-21)30(40)37-29(34)28-25(33)6-7-27(36-28)42-18-19-16-20(31)2-5-24(19)32/h2-7,16-17,21,35H,8-15,18,33H2,1H3,(H2,34,37,40).